The molecule has 0 spiro atoms. The molecule has 10 nitrogen and oxygen atoms in total. The van der Waals surface area contributed by atoms with Crippen molar-refractivity contribution in [3.05, 3.63) is 59.7 Å². The Bertz CT molecular complexity index is 1430. The summed E-state index contributed by atoms with van der Waals surface area (Å²) in [7, 11) is 1.84. The lowest BCUT2D eigenvalue weighted by molar-refractivity contribution is -0.137. The zero-order valence-corrected chi connectivity index (χ0v) is 24.7. The molecule has 14 heteroatoms. The number of anilines is 2. The van der Waals surface area contributed by atoms with Gasteiger partial charge in [-0.25, -0.2) is 14.8 Å². The molecule has 232 valence electrons. The number of halogens is 4. The number of piperidine rings is 1. The lowest BCUT2D eigenvalue weighted by atomic mass is 9.77. The molecule has 2 aromatic heterocycles. The largest absolute Gasteiger partial charge is 0.444 e. The molecule has 1 aromatic carbocycles. The van der Waals surface area contributed by atoms with E-state index >= 15 is 4.39 Å². The van der Waals surface area contributed by atoms with E-state index in [1.807, 2.05) is 32.4 Å². The van der Waals surface area contributed by atoms with Gasteiger partial charge in [0.2, 0.25) is 5.82 Å². The molecule has 5 rings (SSSR count). The highest BCUT2D eigenvalue weighted by molar-refractivity contribution is 5.68. The number of ether oxygens (including phenoxy) is 1. The summed E-state index contributed by atoms with van der Waals surface area (Å²) in [6.07, 6.45) is 0.806. The fourth-order valence-corrected chi connectivity index (χ4v) is 5.38. The number of nitrogens with one attached hydrogen (secondary N) is 1. The van der Waals surface area contributed by atoms with Gasteiger partial charge < -0.3 is 24.4 Å². The molecule has 2 aliphatic rings. The molecule has 43 heavy (non-hydrogen) atoms. The SMILES string of the molecule is Cn1cnnc1C1(CNc2ncnc(N(Cc3ccc(C(F)(F)F)cc3)C3CC3)c2F)CCN(C(=O)OC(C)(C)C)CC1. The summed E-state index contributed by atoms with van der Waals surface area (Å²) in [6, 6.07) is 4.91. The first kappa shape index (κ1) is 30.5. The van der Waals surface area contributed by atoms with Gasteiger partial charge in [0.1, 0.15) is 24.1 Å². The number of benzene rings is 1. The van der Waals surface area contributed by atoms with Gasteiger partial charge in [-0.2, -0.15) is 17.6 Å². The molecular formula is C29H36F4N8O2. The van der Waals surface area contributed by atoms with Crippen LogP contribution in [0.1, 0.15) is 63.4 Å². The number of amides is 1. The number of likely N-dealkylation sites (tertiary alicyclic amines) is 1. The zero-order valence-electron chi connectivity index (χ0n) is 24.7. The van der Waals surface area contributed by atoms with Crippen molar-refractivity contribution >= 4 is 17.7 Å². The summed E-state index contributed by atoms with van der Waals surface area (Å²) < 4.78 is 62.4. The molecular weight excluding hydrogens is 568 g/mol. The van der Waals surface area contributed by atoms with Gasteiger partial charge in [0, 0.05) is 39.3 Å². The highest BCUT2D eigenvalue weighted by atomic mass is 19.4. The smallest absolute Gasteiger partial charge is 0.416 e. The van der Waals surface area contributed by atoms with Gasteiger partial charge in [0.15, 0.2) is 11.6 Å². The van der Waals surface area contributed by atoms with Crippen LogP contribution in [0.3, 0.4) is 0 Å². The van der Waals surface area contributed by atoms with E-state index in [4.69, 9.17) is 4.74 Å². The standard InChI is InChI=1S/C29H36F4N8O2/c1-27(2,3)43-26(42)40-13-11-28(12-14-40,25-38-37-18-39(25)4)16-34-23-22(30)24(36-17-35-23)41(21-9-10-21)15-19-5-7-20(8-6-19)29(31,32)33/h5-8,17-18,21H,9-16H2,1-4H3,(H,34,35,36). The molecule has 0 atom stereocenters. The van der Waals surface area contributed by atoms with Crippen molar-refractivity contribution in [1.29, 1.82) is 0 Å². The number of carbonyl (C=O) groups excluding carboxylic acids is 1. The van der Waals surface area contributed by atoms with Crippen molar-refractivity contribution in [2.75, 3.05) is 29.9 Å². The summed E-state index contributed by atoms with van der Waals surface area (Å²) in [5.41, 5.74) is -1.30. The van der Waals surface area contributed by atoms with Crippen LogP contribution in [0.25, 0.3) is 0 Å². The fourth-order valence-electron chi connectivity index (χ4n) is 5.38. The molecule has 1 amide bonds. The maximum atomic E-state index is 16.0. The number of rotatable bonds is 8. The minimum Gasteiger partial charge on any atom is -0.444 e. The van der Waals surface area contributed by atoms with E-state index in [0.717, 1.165) is 25.0 Å². The first-order valence-electron chi connectivity index (χ1n) is 14.3. The van der Waals surface area contributed by atoms with Gasteiger partial charge in [-0.15, -0.1) is 10.2 Å². The molecule has 0 bridgehead atoms. The molecule has 1 saturated heterocycles. The number of alkyl halides is 3. The van der Waals surface area contributed by atoms with E-state index in [-0.39, 0.29) is 36.9 Å². The Labute approximate surface area is 247 Å². The predicted molar refractivity (Wildman–Crippen MR) is 151 cm³/mol. The summed E-state index contributed by atoms with van der Waals surface area (Å²) >= 11 is 0. The molecule has 2 fully saturated rings. The second-order valence-corrected chi connectivity index (χ2v) is 12.3. The Balaban J connectivity index is 1.33. The maximum Gasteiger partial charge on any atom is 0.416 e. The van der Waals surface area contributed by atoms with Crippen molar-refractivity contribution in [3.63, 3.8) is 0 Å². The van der Waals surface area contributed by atoms with Crippen LogP contribution in [-0.2, 0) is 29.9 Å². The quantitative estimate of drug-likeness (QED) is 0.345. The average Bonchev–Trinajstić information content (AvgIpc) is 3.69. The van der Waals surface area contributed by atoms with Crippen LogP contribution in [-0.4, -0.2) is 67.0 Å². The first-order valence-corrected chi connectivity index (χ1v) is 14.3. The fraction of sp³-hybridized carbons (Fsp3) is 0.552. The molecule has 3 aromatic rings. The maximum absolute atomic E-state index is 16.0. The molecule has 1 saturated carbocycles. The first-order chi connectivity index (χ1) is 20.3. The topological polar surface area (TPSA) is 101 Å². The van der Waals surface area contributed by atoms with E-state index < -0.39 is 28.6 Å². The normalized spacial score (nSPS) is 17.1. The number of aromatic nitrogens is 5. The predicted octanol–water partition coefficient (Wildman–Crippen LogP) is 5.31. The Kier molecular flexibility index (Phi) is 8.23. The molecule has 0 radical (unpaired) electrons. The van der Waals surface area contributed by atoms with Gasteiger partial charge in [-0.1, -0.05) is 12.1 Å². The molecule has 3 heterocycles. The number of hydrogen-bond acceptors (Lipinski definition) is 8. The van der Waals surface area contributed by atoms with Gasteiger partial charge in [-0.3, -0.25) is 0 Å². The Morgan fingerprint density at radius 2 is 1.79 bits per heavy atom. The van der Waals surface area contributed by atoms with Crippen molar-refractivity contribution < 1.29 is 27.1 Å². The minimum absolute atomic E-state index is 0.0131. The van der Waals surface area contributed by atoms with Gasteiger partial charge >= 0.3 is 12.3 Å². The van der Waals surface area contributed by atoms with Crippen LogP contribution < -0.4 is 10.2 Å². The van der Waals surface area contributed by atoms with Crippen molar-refractivity contribution in [1.82, 2.24) is 29.6 Å². The Morgan fingerprint density at radius 3 is 2.35 bits per heavy atom. The zero-order chi connectivity index (χ0) is 31.0. The highest BCUT2D eigenvalue weighted by Gasteiger charge is 2.42. The third-order valence-corrected chi connectivity index (χ3v) is 7.82. The minimum atomic E-state index is -4.43. The Hall–Kier alpha value is -3.97. The highest BCUT2D eigenvalue weighted by Crippen LogP contribution is 2.38. The summed E-state index contributed by atoms with van der Waals surface area (Å²) in [5.74, 6) is 0.174. The van der Waals surface area contributed by atoms with Gasteiger partial charge in [0.05, 0.1) is 11.0 Å². The van der Waals surface area contributed by atoms with E-state index in [1.54, 1.807) is 16.1 Å². The number of nitrogens with zero attached hydrogens (tertiary/aromatic N) is 7. The van der Waals surface area contributed by atoms with E-state index in [2.05, 4.69) is 25.5 Å². The summed E-state index contributed by atoms with van der Waals surface area (Å²) in [4.78, 5) is 24.5. The van der Waals surface area contributed by atoms with E-state index in [9.17, 15) is 18.0 Å². The average molecular weight is 605 g/mol. The monoisotopic (exact) mass is 604 g/mol. The molecule has 1 aliphatic carbocycles. The van der Waals surface area contributed by atoms with E-state index in [1.165, 1.54) is 18.5 Å². The van der Waals surface area contributed by atoms with Crippen LogP contribution >= 0.6 is 0 Å². The summed E-state index contributed by atoms with van der Waals surface area (Å²) in [6.45, 7) is 6.78. The van der Waals surface area contributed by atoms with Crippen LogP contribution in [0.15, 0.2) is 36.9 Å². The number of carbonyl (C=O) groups is 1. The van der Waals surface area contributed by atoms with Crippen molar-refractivity contribution in [2.24, 2.45) is 7.05 Å². The second-order valence-electron chi connectivity index (χ2n) is 12.3. The van der Waals surface area contributed by atoms with Crippen molar-refractivity contribution in [3.8, 4) is 0 Å². The molecule has 1 aliphatic heterocycles. The lowest BCUT2D eigenvalue weighted by Gasteiger charge is -2.41. The molecule has 0 unspecified atom stereocenters. The van der Waals surface area contributed by atoms with E-state index in [0.29, 0.717) is 37.3 Å². The van der Waals surface area contributed by atoms with Crippen molar-refractivity contribution in [2.45, 2.75) is 76.2 Å². The van der Waals surface area contributed by atoms with Crippen LogP contribution in [0.2, 0.25) is 0 Å². The van der Waals surface area contributed by atoms with Crippen LogP contribution in [0.5, 0.6) is 0 Å². The van der Waals surface area contributed by atoms with Crippen LogP contribution in [0.4, 0.5) is 34.0 Å². The molecule has 1 N–H and O–H groups in total. The number of aryl methyl sites for hydroxylation is 1. The number of hydrogen-bond donors (Lipinski definition) is 1. The third kappa shape index (κ3) is 6.99. The Morgan fingerprint density at radius 1 is 1.12 bits per heavy atom. The lowest BCUT2D eigenvalue weighted by Crippen LogP contribution is -2.50. The van der Waals surface area contributed by atoms with Crippen LogP contribution in [0, 0.1) is 5.82 Å². The van der Waals surface area contributed by atoms with Gasteiger partial charge in [-0.05, 0) is 64.2 Å². The third-order valence-electron chi connectivity index (χ3n) is 7.82. The second kappa shape index (κ2) is 11.6. The summed E-state index contributed by atoms with van der Waals surface area (Å²) in [5, 5.41) is 11.6. The van der Waals surface area contributed by atoms with Gasteiger partial charge in [0.25, 0.3) is 0 Å².